The largest absolute Gasteiger partial charge is 0.496 e. The number of benzene rings is 1. The van der Waals surface area contributed by atoms with Gasteiger partial charge in [0.25, 0.3) is 0 Å². The minimum absolute atomic E-state index is 0.0535. The Bertz CT molecular complexity index is 432. The highest BCUT2D eigenvalue weighted by Gasteiger charge is 2.18. The fourth-order valence-electron chi connectivity index (χ4n) is 2.08. The van der Waals surface area contributed by atoms with E-state index >= 15 is 0 Å². The van der Waals surface area contributed by atoms with Crippen molar-refractivity contribution < 1.29 is 9.53 Å². The molecule has 0 aliphatic heterocycles. The van der Waals surface area contributed by atoms with Gasteiger partial charge in [-0.3, -0.25) is 4.79 Å². The Morgan fingerprint density at radius 3 is 2.68 bits per heavy atom. The van der Waals surface area contributed by atoms with Crippen molar-refractivity contribution in [2.45, 2.75) is 26.7 Å². The zero-order chi connectivity index (χ0) is 14.4. The summed E-state index contributed by atoms with van der Waals surface area (Å²) in [5.74, 6) is 0.905. The van der Waals surface area contributed by atoms with Gasteiger partial charge >= 0.3 is 0 Å². The molecule has 1 amide bonds. The van der Waals surface area contributed by atoms with Crippen LogP contribution in [0.2, 0.25) is 0 Å². The number of methoxy groups -OCH3 is 1. The molecule has 4 heteroatoms. The SMILES string of the molecule is CCc1cc(N(C)C(=O)C(C)CCN)ccc1OC. The molecule has 0 heterocycles. The Balaban J connectivity index is 2.93. The van der Waals surface area contributed by atoms with Gasteiger partial charge in [0.1, 0.15) is 5.75 Å². The Labute approximate surface area is 115 Å². The fraction of sp³-hybridized carbons (Fsp3) is 0.533. The first kappa shape index (κ1) is 15.5. The predicted molar refractivity (Wildman–Crippen MR) is 78.6 cm³/mol. The Hall–Kier alpha value is -1.55. The molecular weight excluding hydrogens is 240 g/mol. The molecule has 19 heavy (non-hydrogen) atoms. The van der Waals surface area contributed by atoms with Crippen molar-refractivity contribution in [1.82, 2.24) is 0 Å². The molecule has 4 nitrogen and oxygen atoms in total. The van der Waals surface area contributed by atoms with Gasteiger partial charge in [-0.25, -0.2) is 0 Å². The summed E-state index contributed by atoms with van der Waals surface area (Å²) in [7, 11) is 3.46. The van der Waals surface area contributed by atoms with Crippen LogP contribution in [0, 0.1) is 5.92 Å². The molecule has 0 aliphatic rings. The van der Waals surface area contributed by atoms with E-state index in [0.717, 1.165) is 23.4 Å². The Kier molecular flexibility index (Phi) is 5.83. The summed E-state index contributed by atoms with van der Waals surface area (Å²) < 4.78 is 5.30. The predicted octanol–water partition coefficient (Wildman–Crippen LogP) is 2.21. The summed E-state index contributed by atoms with van der Waals surface area (Å²) in [6.07, 6.45) is 1.58. The number of nitrogens with two attached hydrogens (primary N) is 1. The van der Waals surface area contributed by atoms with E-state index < -0.39 is 0 Å². The first-order chi connectivity index (χ1) is 9.04. The molecule has 0 fully saturated rings. The van der Waals surface area contributed by atoms with Crippen LogP contribution in [0.3, 0.4) is 0 Å². The monoisotopic (exact) mass is 264 g/mol. The van der Waals surface area contributed by atoms with Crippen LogP contribution in [-0.4, -0.2) is 26.6 Å². The molecule has 0 saturated heterocycles. The molecule has 106 valence electrons. The van der Waals surface area contributed by atoms with Gasteiger partial charge in [-0.05, 0) is 43.1 Å². The molecule has 1 unspecified atom stereocenters. The third-order valence-corrected chi connectivity index (χ3v) is 3.38. The van der Waals surface area contributed by atoms with E-state index in [2.05, 4.69) is 6.92 Å². The number of ether oxygens (including phenoxy) is 1. The lowest BCUT2D eigenvalue weighted by Gasteiger charge is -2.22. The molecule has 1 rings (SSSR count). The summed E-state index contributed by atoms with van der Waals surface area (Å²) in [4.78, 5) is 13.9. The van der Waals surface area contributed by atoms with Crippen molar-refractivity contribution in [1.29, 1.82) is 0 Å². The zero-order valence-electron chi connectivity index (χ0n) is 12.3. The van der Waals surface area contributed by atoms with Gasteiger partial charge in [0.15, 0.2) is 0 Å². The minimum Gasteiger partial charge on any atom is -0.496 e. The number of anilines is 1. The molecule has 1 atom stereocenters. The van der Waals surface area contributed by atoms with E-state index in [-0.39, 0.29) is 11.8 Å². The lowest BCUT2D eigenvalue weighted by atomic mass is 10.1. The Morgan fingerprint density at radius 2 is 2.16 bits per heavy atom. The van der Waals surface area contributed by atoms with Crippen LogP contribution >= 0.6 is 0 Å². The standard InChI is InChI=1S/C15H24N2O2/c1-5-12-10-13(6-7-14(12)19-4)17(3)15(18)11(2)8-9-16/h6-7,10-11H,5,8-9,16H2,1-4H3. The highest BCUT2D eigenvalue weighted by atomic mass is 16.5. The first-order valence-electron chi connectivity index (χ1n) is 6.69. The van der Waals surface area contributed by atoms with Crippen LogP contribution < -0.4 is 15.4 Å². The maximum Gasteiger partial charge on any atom is 0.229 e. The van der Waals surface area contributed by atoms with Gasteiger partial charge in [-0.1, -0.05) is 13.8 Å². The molecule has 0 aliphatic carbocycles. The van der Waals surface area contributed by atoms with Gasteiger partial charge in [0, 0.05) is 18.7 Å². The maximum absolute atomic E-state index is 12.2. The third kappa shape index (κ3) is 3.70. The van der Waals surface area contributed by atoms with E-state index in [1.807, 2.05) is 25.1 Å². The Morgan fingerprint density at radius 1 is 1.47 bits per heavy atom. The molecule has 0 aromatic heterocycles. The summed E-state index contributed by atoms with van der Waals surface area (Å²) in [6.45, 7) is 4.51. The van der Waals surface area contributed by atoms with E-state index in [1.54, 1.807) is 19.1 Å². The van der Waals surface area contributed by atoms with Gasteiger partial charge in [-0.2, -0.15) is 0 Å². The van der Waals surface area contributed by atoms with Crippen molar-refractivity contribution in [2.75, 3.05) is 25.6 Å². The molecule has 1 aromatic rings. The summed E-state index contributed by atoms with van der Waals surface area (Å²) in [5.41, 5.74) is 7.50. The van der Waals surface area contributed by atoms with Crippen LogP contribution in [0.15, 0.2) is 18.2 Å². The summed E-state index contributed by atoms with van der Waals surface area (Å²) in [6, 6.07) is 5.82. The lowest BCUT2D eigenvalue weighted by molar-refractivity contribution is -0.121. The van der Waals surface area contributed by atoms with Gasteiger partial charge in [-0.15, -0.1) is 0 Å². The molecule has 1 aromatic carbocycles. The van der Waals surface area contributed by atoms with Gasteiger partial charge in [0.05, 0.1) is 7.11 Å². The van der Waals surface area contributed by atoms with E-state index in [1.165, 1.54) is 0 Å². The first-order valence-corrected chi connectivity index (χ1v) is 6.69. The fourth-order valence-corrected chi connectivity index (χ4v) is 2.08. The van der Waals surface area contributed by atoms with E-state index in [9.17, 15) is 4.79 Å². The number of aryl methyl sites for hydroxylation is 1. The quantitative estimate of drug-likeness (QED) is 0.857. The van der Waals surface area contributed by atoms with Crippen molar-refractivity contribution in [3.8, 4) is 5.75 Å². The molecule has 0 spiro atoms. The second-order valence-corrected chi connectivity index (χ2v) is 4.73. The van der Waals surface area contributed by atoms with E-state index in [0.29, 0.717) is 13.0 Å². The van der Waals surface area contributed by atoms with Crippen LogP contribution in [-0.2, 0) is 11.2 Å². The van der Waals surface area contributed by atoms with Crippen LogP contribution in [0.5, 0.6) is 5.75 Å². The highest BCUT2D eigenvalue weighted by molar-refractivity contribution is 5.94. The number of amides is 1. The number of hydrogen-bond donors (Lipinski definition) is 1. The summed E-state index contributed by atoms with van der Waals surface area (Å²) >= 11 is 0. The molecule has 0 bridgehead atoms. The van der Waals surface area contributed by atoms with Crippen LogP contribution in [0.1, 0.15) is 25.8 Å². The topological polar surface area (TPSA) is 55.6 Å². The summed E-state index contributed by atoms with van der Waals surface area (Å²) in [5, 5.41) is 0. The highest BCUT2D eigenvalue weighted by Crippen LogP contribution is 2.25. The second-order valence-electron chi connectivity index (χ2n) is 4.73. The van der Waals surface area contributed by atoms with Gasteiger partial charge < -0.3 is 15.4 Å². The number of rotatable bonds is 6. The average Bonchev–Trinajstić information content (AvgIpc) is 2.45. The van der Waals surface area contributed by atoms with Crippen LogP contribution in [0.25, 0.3) is 0 Å². The smallest absolute Gasteiger partial charge is 0.229 e. The molecular formula is C15H24N2O2. The van der Waals surface area contributed by atoms with E-state index in [4.69, 9.17) is 10.5 Å². The second kappa shape index (κ2) is 7.14. The minimum atomic E-state index is -0.0535. The average molecular weight is 264 g/mol. The third-order valence-electron chi connectivity index (χ3n) is 3.38. The molecule has 0 radical (unpaired) electrons. The molecule has 0 saturated carbocycles. The maximum atomic E-state index is 12.2. The van der Waals surface area contributed by atoms with Crippen molar-refractivity contribution >= 4 is 11.6 Å². The van der Waals surface area contributed by atoms with Crippen molar-refractivity contribution in [3.63, 3.8) is 0 Å². The number of carbonyl (C=O) groups excluding carboxylic acids is 1. The number of nitrogens with zero attached hydrogens (tertiary/aromatic N) is 1. The normalized spacial score (nSPS) is 12.1. The number of hydrogen-bond acceptors (Lipinski definition) is 3. The number of carbonyl (C=O) groups is 1. The lowest BCUT2D eigenvalue weighted by Crippen LogP contribution is -2.32. The van der Waals surface area contributed by atoms with Crippen molar-refractivity contribution in [3.05, 3.63) is 23.8 Å². The zero-order valence-corrected chi connectivity index (χ0v) is 12.3. The van der Waals surface area contributed by atoms with Gasteiger partial charge in [0.2, 0.25) is 5.91 Å². The molecule has 2 N–H and O–H groups in total. The van der Waals surface area contributed by atoms with Crippen LogP contribution in [0.4, 0.5) is 5.69 Å². The van der Waals surface area contributed by atoms with Crippen molar-refractivity contribution in [2.24, 2.45) is 11.7 Å².